The van der Waals surface area contributed by atoms with E-state index in [9.17, 15) is 4.79 Å². The first-order chi connectivity index (χ1) is 8.07. The van der Waals surface area contributed by atoms with E-state index < -0.39 is 5.54 Å². The Labute approximate surface area is 104 Å². The van der Waals surface area contributed by atoms with Crippen molar-refractivity contribution in [1.82, 2.24) is 10.2 Å². The number of likely N-dealkylation sites (tertiary alicyclic amines) is 1. The predicted molar refractivity (Wildman–Crippen MR) is 66.8 cm³/mol. The van der Waals surface area contributed by atoms with Gasteiger partial charge in [-0.05, 0) is 31.7 Å². The molecule has 0 spiro atoms. The molecule has 1 N–H and O–H groups in total. The Morgan fingerprint density at radius 3 is 2.76 bits per heavy atom. The van der Waals surface area contributed by atoms with Gasteiger partial charge >= 0.3 is 5.97 Å². The fourth-order valence-electron chi connectivity index (χ4n) is 2.57. The summed E-state index contributed by atoms with van der Waals surface area (Å²) in [4.78, 5) is 14.5. The number of carbonyl (C=O) groups is 1. The molecule has 0 bridgehead atoms. The lowest BCUT2D eigenvalue weighted by Gasteiger charge is -2.29. The molecule has 1 saturated heterocycles. The van der Waals surface area contributed by atoms with E-state index in [-0.39, 0.29) is 5.97 Å². The van der Waals surface area contributed by atoms with Crippen molar-refractivity contribution >= 4 is 5.97 Å². The van der Waals surface area contributed by atoms with Gasteiger partial charge in [0.2, 0.25) is 0 Å². The van der Waals surface area contributed by atoms with Crippen LogP contribution in [0.5, 0.6) is 0 Å². The Morgan fingerprint density at radius 2 is 2.24 bits per heavy atom. The number of esters is 1. The molecule has 1 saturated carbocycles. The number of carbonyl (C=O) groups excluding carboxylic acids is 1. The summed E-state index contributed by atoms with van der Waals surface area (Å²) in [5.41, 5.74) is -0.457. The second kappa shape index (κ2) is 4.94. The zero-order chi connectivity index (χ0) is 12.5. The first-order valence-electron chi connectivity index (χ1n) is 6.65. The van der Waals surface area contributed by atoms with E-state index >= 15 is 0 Å². The van der Waals surface area contributed by atoms with Crippen LogP contribution >= 0.6 is 0 Å². The lowest BCUT2D eigenvalue weighted by Crippen LogP contribution is -2.55. The summed E-state index contributed by atoms with van der Waals surface area (Å²) in [6, 6.07) is 0.724. The van der Waals surface area contributed by atoms with Crippen molar-refractivity contribution in [1.29, 1.82) is 0 Å². The van der Waals surface area contributed by atoms with Crippen molar-refractivity contribution in [2.45, 2.75) is 44.7 Å². The Hall–Kier alpha value is -0.610. The Kier molecular flexibility index (Phi) is 3.73. The van der Waals surface area contributed by atoms with Gasteiger partial charge in [0.1, 0.15) is 5.54 Å². The highest BCUT2D eigenvalue weighted by atomic mass is 16.5. The number of hydrogen-bond donors (Lipinski definition) is 1. The molecule has 0 aromatic heterocycles. The summed E-state index contributed by atoms with van der Waals surface area (Å²) >= 11 is 0. The average Bonchev–Trinajstić information content (AvgIpc) is 3.07. The van der Waals surface area contributed by atoms with Gasteiger partial charge in [0, 0.05) is 19.1 Å². The summed E-state index contributed by atoms with van der Waals surface area (Å²) in [5, 5.41) is 3.44. The van der Waals surface area contributed by atoms with Crippen molar-refractivity contribution in [2.75, 3.05) is 26.7 Å². The molecule has 0 amide bonds. The predicted octanol–water partition coefficient (Wildman–Crippen LogP) is 1.01. The molecule has 2 fully saturated rings. The van der Waals surface area contributed by atoms with Crippen LogP contribution < -0.4 is 5.32 Å². The van der Waals surface area contributed by atoms with Crippen molar-refractivity contribution in [3.05, 3.63) is 0 Å². The van der Waals surface area contributed by atoms with E-state index in [4.69, 9.17) is 4.74 Å². The lowest BCUT2D eigenvalue weighted by molar-refractivity contribution is -0.148. The number of methoxy groups -OCH3 is 1. The van der Waals surface area contributed by atoms with Crippen LogP contribution in [0.4, 0.5) is 0 Å². The fourth-order valence-corrected chi connectivity index (χ4v) is 2.57. The minimum Gasteiger partial charge on any atom is -0.468 e. The molecule has 2 rings (SSSR count). The second-order valence-corrected chi connectivity index (χ2v) is 5.80. The molecule has 1 heterocycles. The van der Waals surface area contributed by atoms with Crippen LogP contribution in [0.1, 0.15) is 33.1 Å². The van der Waals surface area contributed by atoms with Gasteiger partial charge in [-0.3, -0.25) is 9.69 Å². The highest BCUT2D eigenvalue weighted by Crippen LogP contribution is 2.34. The maximum Gasteiger partial charge on any atom is 0.327 e. The molecule has 98 valence electrons. The third-order valence-electron chi connectivity index (χ3n) is 3.79. The van der Waals surface area contributed by atoms with Crippen molar-refractivity contribution in [3.63, 3.8) is 0 Å². The summed E-state index contributed by atoms with van der Waals surface area (Å²) in [5.74, 6) is 0.452. The van der Waals surface area contributed by atoms with Crippen LogP contribution in [0.15, 0.2) is 0 Å². The minimum atomic E-state index is -0.457. The molecule has 0 aromatic carbocycles. The standard InChI is InChI=1S/C13H24N2O2/c1-10(2)8-14-13(12(16)17-3)6-7-15(9-13)11-4-5-11/h10-11,14H,4-9H2,1-3H3. The molecule has 2 aliphatic rings. The van der Waals surface area contributed by atoms with E-state index in [0.717, 1.165) is 32.1 Å². The normalized spacial score (nSPS) is 29.9. The van der Waals surface area contributed by atoms with Gasteiger partial charge in [-0.2, -0.15) is 0 Å². The van der Waals surface area contributed by atoms with E-state index in [0.29, 0.717) is 5.92 Å². The summed E-state index contributed by atoms with van der Waals surface area (Å²) < 4.78 is 4.99. The van der Waals surface area contributed by atoms with Gasteiger partial charge < -0.3 is 10.1 Å². The zero-order valence-electron chi connectivity index (χ0n) is 11.2. The van der Waals surface area contributed by atoms with Crippen LogP contribution in [-0.2, 0) is 9.53 Å². The van der Waals surface area contributed by atoms with Gasteiger partial charge in [0.05, 0.1) is 7.11 Å². The Balaban J connectivity index is 2.00. The van der Waals surface area contributed by atoms with Crippen LogP contribution in [0.2, 0.25) is 0 Å². The minimum absolute atomic E-state index is 0.0960. The number of nitrogens with zero attached hydrogens (tertiary/aromatic N) is 1. The van der Waals surface area contributed by atoms with Crippen molar-refractivity contribution in [3.8, 4) is 0 Å². The molecule has 0 radical (unpaired) electrons. The van der Waals surface area contributed by atoms with E-state index in [1.54, 1.807) is 0 Å². The molecule has 4 nitrogen and oxygen atoms in total. The first kappa shape index (κ1) is 12.8. The maximum absolute atomic E-state index is 12.0. The molecular formula is C13H24N2O2. The van der Waals surface area contributed by atoms with Crippen LogP contribution in [0.3, 0.4) is 0 Å². The molecular weight excluding hydrogens is 216 g/mol. The molecule has 1 unspecified atom stereocenters. The molecule has 0 aromatic rings. The van der Waals surface area contributed by atoms with Gasteiger partial charge in [-0.15, -0.1) is 0 Å². The number of hydrogen-bond acceptors (Lipinski definition) is 4. The lowest BCUT2D eigenvalue weighted by atomic mass is 9.98. The smallest absolute Gasteiger partial charge is 0.327 e. The third kappa shape index (κ3) is 2.80. The highest BCUT2D eigenvalue weighted by molar-refractivity contribution is 5.81. The van der Waals surface area contributed by atoms with Crippen LogP contribution in [0, 0.1) is 5.92 Å². The zero-order valence-corrected chi connectivity index (χ0v) is 11.2. The van der Waals surface area contributed by atoms with Gasteiger partial charge in [0.15, 0.2) is 0 Å². The highest BCUT2D eigenvalue weighted by Gasteiger charge is 2.48. The molecule has 17 heavy (non-hydrogen) atoms. The largest absolute Gasteiger partial charge is 0.468 e. The van der Waals surface area contributed by atoms with Gasteiger partial charge in [-0.25, -0.2) is 0 Å². The second-order valence-electron chi connectivity index (χ2n) is 5.80. The van der Waals surface area contributed by atoms with E-state index in [1.165, 1.54) is 20.0 Å². The number of nitrogens with one attached hydrogen (secondary N) is 1. The SMILES string of the molecule is COC(=O)C1(NCC(C)C)CCN(C2CC2)C1. The quantitative estimate of drug-likeness (QED) is 0.728. The average molecular weight is 240 g/mol. The summed E-state index contributed by atoms with van der Waals surface area (Å²) in [6.07, 6.45) is 3.46. The van der Waals surface area contributed by atoms with Crippen LogP contribution in [-0.4, -0.2) is 49.2 Å². The number of rotatable bonds is 5. The fraction of sp³-hybridized carbons (Fsp3) is 0.923. The topological polar surface area (TPSA) is 41.6 Å². The number of ether oxygens (including phenoxy) is 1. The Bertz CT molecular complexity index is 289. The van der Waals surface area contributed by atoms with E-state index in [1.807, 2.05) is 0 Å². The van der Waals surface area contributed by atoms with Crippen molar-refractivity contribution in [2.24, 2.45) is 5.92 Å². The molecule has 4 heteroatoms. The Morgan fingerprint density at radius 1 is 1.53 bits per heavy atom. The van der Waals surface area contributed by atoms with E-state index in [2.05, 4.69) is 24.1 Å². The molecule has 1 aliphatic heterocycles. The third-order valence-corrected chi connectivity index (χ3v) is 3.79. The summed E-state index contributed by atoms with van der Waals surface area (Å²) in [6.45, 7) is 7.02. The maximum atomic E-state index is 12.0. The molecule has 1 aliphatic carbocycles. The monoisotopic (exact) mass is 240 g/mol. The van der Waals surface area contributed by atoms with Gasteiger partial charge in [0.25, 0.3) is 0 Å². The van der Waals surface area contributed by atoms with Gasteiger partial charge in [-0.1, -0.05) is 13.8 Å². The molecule has 1 atom stereocenters. The van der Waals surface area contributed by atoms with Crippen LogP contribution in [0.25, 0.3) is 0 Å². The summed E-state index contributed by atoms with van der Waals surface area (Å²) in [7, 11) is 1.49. The van der Waals surface area contributed by atoms with Crippen molar-refractivity contribution < 1.29 is 9.53 Å². The first-order valence-corrected chi connectivity index (χ1v) is 6.65.